The van der Waals surface area contributed by atoms with Gasteiger partial charge in [0.15, 0.2) is 5.82 Å². The van der Waals surface area contributed by atoms with E-state index < -0.39 is 0 Å². The molecule has 0 spiro atoms. The first-order valence-corrected chi connectivity index (χ1v) is 6.39. The normalized spacial score (nSPS) is 10.4. The van der Waals surface area contributed by atoms with Gasteiger partial charge in [-0.3, -0.25) is 0 Å². The lowest BCUT2D eigenvalue weighted by Crippen LogP contribution is -2.03. The van der Waals surface area contributed by atoms with E-state index in [1.165, 1.54) is 0 Å². The minimum atomic E-state index is 0.371. The third-order valence-corrected chi connectivity index (χ3v) is 2.64. The zero-order valence-electron chi connectivity index (χ0n) is 10.7. The molecule has 0 aliphatic rings. The predicted octanol–water partition coefficient (Wildman–Crippen LogP) is 3.21. The third kappa shape index (κ3) is 4.19. The Kier molecular flexibility index (Phi) is 5.12. The van der Waals surface area contributed by atoms with Gasteiger partial charge in [0.1, 0.15) is 5.15 Å². The molecule has 0 fully saturated rings. The van der Waals surface area contributed by atoms with Gasteiger partial charge in [0.2, 0.25) is 5.88 Å². The molecule has 0 bridgehead atoms. The second-order valence-electron chi connectivity index (χ2n) is 3.91. The second kappa shape index (κ2) is 7.07. The van der Waals surface area contributed by atoms with Crippen LogP contribution in [0.2, 0.25) is 5.15 Å². The maximum Gasteiger partial charge on any atom is 0.218 e. The van der Waals surface area contributed by atoms with Crippen LogP contribution in [0.5, 0.6) is 5.88 Å². The topological polar surface area (TPSA) is 44.2 Å². The molecule has 0 unspecified atom stereocenters. The summed E-state index contributed by atoms with van der Waals surface area (Å²) in [7, 11) is 1.66. The highest BCUT2D eigenvalue weighted by Gasteiger charge is 2.06. The smallest absolute Gasteiger partial charge is 0.218 e. The highest BCUT2D eigenvalue weighted by molar-refractivity contribution is 6.29. The zero-order chi connectivity index (χ0) is 13.5. The van der Waals surface area contributed by atoms with Gasteiger partial charge < -0.3 is 9.47 Å². The standard InChI is InChI=1S/C14H15ClN2O2/c1-18-8-5-9-19-13-10-12(15)16-14(17-13)11-6-3-2-4-7-11/h2-4,6-7,10H,5,8-9H2,1H3. The van der Waals surface area contributed by atoms with Crippen molar-refractivity contribution in [3.63, 3.8) is 0 Å². The first kappa shape index (κ1) is 13.8. The number of nitrogens with zero attached hydrogens (tertiary/aromatic N) is 2. The number of rotatable bonds is 6. The molecule has 2 aromatic rings. The lowest BCUT2D eigenvalue weighted by molar-refractivity contribution is 0.170. The van der Waals surface area contributed by atoms with Crippen LogP contribution in [0.15, 0.2) is 36.4 Å². The van der Waals surface area contributed by atoms with E-state index in [9.17, 15) is 0 Å². The highest BCUT2D eigenvalue weighted by atomic mass is 35.5. The molecule has 1 aromatic heterocycles. The van der Waals surface area contributed by atoms with Crippen molar-refractivity contribution in [1.82, 2.24) is 9.97 Å². The molecular weight excluding hydrogens is 264 g/mol. The first-order chi connectivity index (χ1) is 9.29. The maximum absolute atomic E-state index is 5.98. The summed E-state index contributed by atoms with van der Waals surface area (Å²) >= 11 is 5.98. The summed E-state index contributed by atoms with van der Waals surface area (Å²) < 4.78 is 10.5. The minimum Gasteiger partial charge on any atom is -0.477 e. The van der Waals surface area contributed by atoms with Crippen molar-refractivity contribution < 1.29 is 9.47 Å². The van der Waals surface area contributed by atoms with Crippen LogP contribution in [0.4, 0.5) is 0 Å². The van der Waals surface area contributed by atoms with Gasteiger partial charge in [0.25, 0.3) is 0 Å². The predicted molar refractivity (Wildman–Crippen MR) is 74.5 cm³/mol. The Balaban J connectivity index is 2.11. The summed E-state index contributed by atoms with van der Waals surface area (Å²) in [4.78, 5) is 8.54. The van der Waals surface area contributed by atoms with Crippen LogP contribution in [-0.2, 0) is 4.74 Å². The van der Waals surface area contributed by atoms with Crippen LogP contribution in [0, 0.1) is 0 Å². The van der Waals surface area contributed by atoms with Crippen molar-refractivity contribution in [2.24, 2.45) is 0 Å². The van der Waals surface area contributed by atoms with E-state index in [0.717, 1.165) is 12.0 Å². The Labute approximate surface area is 117 Å². The largest absolute Gasteiger partial charge is 0.477 e. The van der Waals surface area contributed by atoms with E-state index in [1.54, 1.807) is 13.2 Å². The maximum atomic E-state index is 5.98. The van der Waals surface area contributed by atoms with Gasteiger partial charge in [-0.05, 0) is 0 Å². The van der Waals surface area contributed by atoms with Gasteiger partial charge in [0, 0.05) is 31.8 Å². The summed E-state index contributed by atoms with van der Waals surface area (Å²) in [5, 5.41) is 0.371. The molecule has 5 heteroatoms. The quantitative estimate of drug-likeness (QED) is 0.601. The Morgan fingerprint density at radius 3 is 2.63 bits per heavy atom. The van der Waals surface area contributed by atoms with Crippen LogP contribution in [-0.4, -0.2) is 30.3 Å². The van der Waals surface area contributed by atoms with Gasteiger partial charge in [-0.2, -0.15) is 4.98 Å². The van der Waals surface area contributed by atoms with Crippen LogP contribution in [0.1, 0.15) is 6.42 Å². The first-order valence-electron chi connectivity index (χ1n) is 6.01. The van der Waals surface area contributed by atoms with Gasteiger partial charge in [-0.15, -0.1) is 0 Å². The van der Waals surface area contributed by atoms with Gasteiger partial charge in [-0.1, -0.05) is 41.9 Å². The van der Waals surface area contributed by atoms with Gasteiger partial charge in [0.05, 0.1) is 6.61 Å². The minimum absolute atomic E-state index is 0.371. The lowest BCUT2D eigenvalue weighted by atomic mass is 10.2. The summed E-state index contributed by atoms with van der Waals surface area (Å²) in [6.45, 7) is 1.19. The molecule has 1 aromatic carbocycles. The molecule has 0 atom stereocenters. The SMILES string of the molecule is COCCCOc1cc(Cl)nc(-c2ccccc2)n1. The summed E-state index contributed by atoms with van der Waals surface area (Å²) in [6.07, 6.45) is 0.804. The molecule has 19 heavy (non-hydrogen) atoms. The zero-order valence-corrected chi connectivity index (χ0v) is 11.4. The average Bonchev–Trinajstić information content (AvgIpc) is 2.44. The number of methoxy groups -OCH3 is 1. The summed E-state index contributed by atoms with van der Waals surface area (Å²) in [5.74, 6) is 1.05. The molecule has 0 saturated heterocycles. The Bertz CT molecular complexity index is 520. The Hall–Kier alpha value is -1.65. The molecule has 1 heterocycles. The second-order valence-corrected chi connectivity index (χ2v) is 4.30. The molecule has 0 aliphatic carbocycles. The third-order valence-electron chi connectivity index (χ3n) is 2.45. The van der Waals surface area contributed by atoms with Crippen LogP contribution < -0.4 is 4.74 Å². The number of ether oxygens (including phenoxy) is 2. The fraction of sp³-hybridized carbons (Fsp3) is 0.286. The number of aromatic nitrogens is 2. The number of hydrogen-bond acceptors (Lipinski definition) is 4. The molecule has 2 rings (SSSR count). The number of benzene rings is 1. The van der Waals surface area contributed by atoms with Crippen molar-refractivity contribution in [1.29, 1.82) is 0 Å². The monoisotopic (exact) mass is 278 g/mol. The van der Waals surface area contributed by atoms with E-state index >= 15 is 0 Å². The van der Waals surface area contributed by atoms with Crippen molar-refractivity contribution in [2.75, 3.05) is 20.3 Å². The van der Waals surface area contributed by atoms with Crippen molar-refractivity contribution in [2.45, 2.75) is 6.42 Å². The molecule has 0 N–H and O–H groups in total. The molecule has 0 saturated carbocycles. The van der Waals surface area contributed by atoms with Gasteiger partial charge >= 0.3 is 0 Å². The van der Waals surface area contributed by atoms with Crippen molar-refractivity contribution in [3.05, 3.63) is 41.6 Å². The van der Waals surface area contributed by atoms with E-state index in [4.69, 9.17) is 21.1 Å². The van der Waals surface area contributed by atoms with Crippen LogP contribution in [0.3, 0.4) is 0 Å². The summed E-state index contributed by atoms with van der Waals surface area (Å²) in [5.41, 5.74) is 0.909. The molecule has 0 aliphatic heterocycles. The Morgan fingerprint density at radius 2 is 1.89 bits per heavy atom. The van der Waals surface area contributed by atoms with Gasteiger partial charge in [-0.25, -0.2) is 4.98 Å². The van der Waals surface area contributed by atoms with Crippen molar-refractivity contribution >= 4 is 11.6 Å². The Morgan fingerprint density at radius 1 is 1.11 bits per heavy atom. The molecule has 100 valence electrons. The molecule has 0 radical (unpaired) electrons. The van der Waals surface area contributed by atoms with Crippen LogP contribution in [0.25, 0.3) is 11.4 Å². The fourth-order valence-electron chi connectivity index (χ4n) is 1.57. The molecular formula is C14H15ClN2O2. The van der Waals surface area contributed by atoms with Crippen molar-refractivity contribution in [3.8, 4) is 17.3 Å². The molecule has 0 amide bonds. The summed E-state index contributed by atoms with van der Waals surface area (Å²) in [6, 6.07) is 11.3. The van der Waals surface area contributed by atoms with E-state index in [1.807, 2.05) is 30.3 Å². The number of hydrogen-bond donors (Lipinski definition) is 0. The average molecular weight is 279 g/mol. The highest BCUT2D eigenvalue weighted by Crippen LogP contribution is 2.21. The van der Waals surface area contributed by atoms with E-state index in [0.29, 0.717) is 30.1 Å². The molecule has 4 nitrogen and oxygen atoms in total. The number of halogens is 1. The lowest BCUT2D eigenvalue weighted by Gasteiger charge is -2.07. The van der Waals surface area contributed by atoms with E-state index in [-0.39, 0.29) is 0 Å². The van der Waals surface area contributed by atoms with E-state index in [2.05, 4.69) is 9.97 Å². The van der Waals surface area contributed by atoms with Crippen LogP contribution >= 0.6 is 11.6 Å². The fourth-order valence-corrected chi connectivity index (χ4v) is 1.74.